The second-order valence-electron chi connectivity index (χ2n) is 6.18. The van der Waals surface area contributed by atoms with Gasteiger partial charge in [-0.2, -0.15) is 0 Å². The molecule has 0 heteroatoms. The molecule has 0 saturated heterocycles. The molecule has 0 aromatic heterocycles. The molecule has 0 spiro atoms. The van der Waals surface area contributed by atoms with E-state index in [2.05, 4.69) is 0 Å². The largest absolute Gasteiger partial charge is 0.0533 e. The van der Waals surface area contributed by atoms with Crippen molar-refractivity contribution < 1.29 is 0 Å². The molecule has 0 nitrogen and oxygen atoms in total. The first-order valence-corrected chi connectivity index (χ1v) is 6.89. The average molecular weight is 192 g/mol. The van der Waals surface area contributed by atoms with Gasteiger partial charge in [-0.05, 0) is 68.6 Å². The molecule has 0 aliphatic heterocycles. The maximum Gasteiger partial charge on any atom is -0.0269 e. The van der Waals surface area contributed by atoms with Gasteiger partial charge in [-0.1, -0.05) is 19.3 Å². The van der Waals surface area contributed by atoms with Crippen molar-refractivity contribution in [2.45, 2.75) is 70.6 Å². The Hall–Kier alpha value is 0. The molecule has 0 unspecified atom stereocenters. The van der Waals surface area contributed by atoms with Crippen LogP contribution in [0.1, 0.15) is 70.6 Å². The first-order valence-electron chi connectivity index (χ1n) is 6.89. The van der Waals surface area contributed by atoms with Crippen molar-refractivity contribution in [2.24, 2.45) is 17.3 Å². The Balaban J connectivity index is 1.73. The van der Waals surface area contributed by atoms with E-state index < -0.39 is 0 Å². The van der Waals surface area contributed by atoms with Crippen molar-refractivity contribution in [1.82, 2.24) is 0 Å². The summed E-state index contributed by atoms with van der Waals surface area (Å²) in [6.07, 6.45) is 17.3. The van der Waals surface area contributed by atoms with Gasteiger partial charge in [-0.3, -0.25) is 0 Å². The van der Waals surface area contributed by atoms with Crippen LogP contribution in [-0.2, 0) is 0 Å². The first-order chi connectivity index (χ1) is 6.89. The highest BCUT2D eigenvalue weighted by molar-refractivity contribution is 4.96. The number of fused-ring (bicyclic) bond motifs is 3. The average Bonchev–Trinajstić information content (AvgIpc) is 2.33. The van der Waals surface area contributed by atoms with E-state index in [-0.39, 0.29) is 0 Å². The summed E-state index contributed by atoms with van der Waals surface area (Å²) in [6.45, 7) is 0. The Morgan fingerprint density at radius 3 is 1.79 bits per heavy atom. The van der Waals surface area contributed by atoms with Crippen molar-refractivity contribution in [2.75, 3.05) is 0 Å². The van der Waals surface area contributed by atoms with E-state index >= 15 is 0 Å². The normalized spacial score (nSPS) is 44.1. The third-order valence-corrected chi connectivity index (χ3v) is 5.62. The van der Waals surface area contributed by atoms with E-state index in [1.807, 2.05) is 0 Å². The van der Waals surface area contributed by atoms with Gasteiger partial charge in [0.25, 0.3) is 0 Å². The zero-order valence-electron chi connectivity index (χ0n) is 9.43. The minimum Gasteiger partial charge on any atom is -0.0533 e. The summed E-state index contributed by atoms with van der Waals surface area (Å²) in [7, 11) is 0. The molecule has 4 fully saturated rings. The Kier molecular flexibility index (Phi) is 2.34. The van der Waals surface area contributed by atoms with Crippen LogP contribution < -0.4 is 0 Å². The molecule has 0 amide bonds. The number of rotatable bonds is 1. The Morgan fingerprint density at radius 2 is 1.21 bits per heavy atom. The van der Waals surface area contributed by atoms with E-state index in [0.29, 0.717) is 0 Å². The molecular formula is C14H24. The standard InChI is InChI=1S/C14H24/c1-2-4-13(5-3-1)14-9-6-12(7-10-14)8-11-14/h12-13H,1-11H2. The summed E-state index contributed by atoms with van der Waals surface area (Å²) in [5.74, 6) is 2.28. The predicted molar refractivity (Wildman–Crippen MR) is 60.2 cm³/mol. The summed E-state index contributed by atoms with van der Waals surface area (Å²) in [4.78, 5) is 0. The van der Waals surface area contributed by atoms with Crippen LogP contribution in [0.3, 0.4) is 0 Å². The smallest absolute Gasteiger partial charge is 0.0269 e. The van der Waals surface area contributed by atoms with Crippen LogP contribution >= 0.6 is 0 Å². The van der Waals surface area contributed by atoms with Crippen molar-refractivity contribution in [3.63, 3.8) is 0 Å². The lowest BCUT2D eigenvalue weighted by atomic mass is 9.53. The summed E-state index contributed by atoms with van der Waals surface area (Å²) < 4.78 is 0. The fraction of sp³-hybridized carbons (Fsp3) is 1.00. The third kappa shape index (κ3) is 1.42. The van der Waals surface area contributed by atoms with Gasteiger partial charge >= 0.3 is 0 Å². The predicted octanol–water partition coefficient (Wildman–Crippen LogP) is 4.54. The molecule has 4 rings (SSSR count). The van der Waals surface area contributed by atoms with E-state index in [1.165, 1.54) is 19.3 Å². The minimum atomic E-state index is 0.856. The molecule has 4 aliphatic carbocycles. The molecular weight excluding hydrogens is 168 g/mol. The van der Waals surface area contributed by atoms with Gasteiger partial charge in [0, 0.05) is 0 Å². The van der Waals surface area contributed by atoms with Gasteiger partial charge < -0.3 is 0 Å². The van der Waals surface area contributed by atoms with Gasteiger partial charge in [0.15, 0.2) is 0 Å². The second-order valence-corrected chi connectivity index (χ2v) is 6.18. The molecule has 0 radical (unpaired) electrons. The highest BCUT2D eigenvalue weighted by atomic mass is 14.5. The Morgan fingerprint density at radius 1 is 0.643 bits per heavy atom. The summed E-state index contributed by atoms with van der Waals surface area (Å²) in [5, 5.41) is 0. The van der Waals surface area contributed by atoms with Crippen LogP contribution in [0.15, 0.2) is 0 Å². The molecule has 0 aromatic carbocycles. The maximum absolute atomic E-state index is 1.60. The van der Waals surface area contributed by atoms with Crippen LogP contribution in [0, 0.1) is 17.3 Å². The SMILES string of the molecule is C1CCC(C23CCC(CC2)CC3)CC1. The molecule has 2 bridgehead atoms. The second kappa shape index (κ2) is 3.54. The lowest BCUT2D eigenvalue weighted by Gasteiger charge is -2.52. The maximum atomic E-state index is 1.60. The van der Waals surface area contributed by atoms with E-state index in [1.54, 1.807) is 51.4 Å². The van der Waals surface area contributed by atoms with Crippen LogP contribution in [0.25, 0.3) is 0 Å². The lowest BCUT2D eigenvalue weighted by molar-refractivity contribution is -0.00773. The molecule has 4 saturated carbocycles. The minimum absolute atomic E-state index is 0.856. The highest BCUT2D eigenvalue weighted by Gasteiger charge is 2.45. The van der Waals surface area contributed by atoms with E-state index in [9.17, 15) is 0 Å². The van der Waals surface area contributed by atoms with Gasteiger partial charge in [-0.25, -0.2) is 0 Å². The van der Waals surface area contributed by atoms with E-state index in [0.717, 1.165) is 17.3 Å². The van der Waals surface area contributed by atoms with Crippen LogP contribution in [0.2, 0.25) is 0 Å². The fourth-order valence-electron chi connectivity index (χ4n) is 4.61. The molecule has 80 valence electrons. The van der Waals surface area contributed by atoms with Crippen molar-refractivity contribution >= 4 is 0 Å². The van der Waals surface area contributed by atoms with Crippen molar-refractivity contribution in [1.29, 1.82) is 0 Å². The van der Waals surface area contributed by atoms with Gasteiger partial charge in [0.1, 0.15) is 0 Å². The van der Waals surface area contributed by atoms with Crippen LogP contribution in [0.4, 0.5) is 0 Å². The van der Waals surface area contributed by atoms with Gasteiger partial charge in [0.05, 0.1) is 0 Å². The summed E-state index contributed by atoms with van der Waals surface area (Å²) >= 11 is 0. The van der Waals surface area contributed by atoms with Crippen LogP contribution in [-0.4, -0.2) is 0 Å². The highest BCUT2D eigenvalue weighted by Crippen LogP contribution is 2.57. The van der Waals surface area contributed by atoms with Crippen molar-refractivity contribution in [3.8, 4) is 0 Å². The molecule has 0 N–H and O–H groups in total. The quantitative estimate of drug-likeness (QED) is 0.572. The summed E-state index contributed by atoms with van der Waals surface area (Å²) in [6, 6.07) is 0. The van der Waals surface area contributed by atoms with Crippen molar-refractivity contribution in [3.05, 3.63) is 0 Å². The monoisotopic (exact) mass is 192 g/mol. The van der Waals surface area contributed by atoms with Gasteiger partial charge in [-0.15, -0.1) is 0 Å². The van der Waals surface area contributed by atoms with Crippen LogP contribution in [0.5, 0.6) is 0 Å². The molecule has 0 aromatic rings. The van der Waals surface area contributed by atoms with E-state index in [4.69, 9.17) is 0 Å². The number of hydrogen-bond donors (Lipinski definition) is 0. The fourth-order valence-corrected chi connectivity index (χ4v) is 4.61. The Bertz CT molecular complexity index is 178. The zero-order valence-corrected chi connectivity index (χ0v) is 9.43. The molecule has 14 heavy (non-hydrogen) atoms. The van der Waals surface area contributed by atoms with Gasteiger partial charge in [0.2, 0.25) is 0 Å². The Labute approximate surface area is 88.5 Å². The zero-order chi connectivity index (χ0) is 9.43. The molecule has 0 atom stereocenters. The topological polar surface area (TPSA) is 0 Å². The lowest BCUT2D eigenvalue weighted by Crippen LogP contribution is -2.40. The third-order valence-electron chi connectivity index (χ3n) is 5.62. The first kappa shape index (κ1) is 9.24. The summed E-state index contributed by atoms with van der Waals surface area (Å²) in [5.41, 5.74) is 0.856. The molecule has 0 heterocycles. The molecule has 4 aliphatic rings. The number of hydrogen-bond acceptors (Lipinski definition) is 0.